The molecule has 0 unspecified atom stereocenters. The van der Waals surface area contributed by atoms with E-state index in [-0.39, 0.29) is 5.41 Å². The summed E-state index contributed by atoms with van der Waals surface area (Å²) < 4.78 is 16.3. The van der Waals surface area contributed by atoms with Gasteiger partial charge in [-0.25, -0.2) is 0 Å². The van der Waals surface area contributed by atoms with Crippen molar-refractivity contribution in [2.45, 2.75) is 19.3 Å². The van der Waals surface area contributed by atoms with Crippen molar-refractivity contribution in [3.63, 3.8) is 0 Å². The second-order valence-corrected chi connectivity index (χ2v) is 7.06. The molecule has 0 atom stereocenters. The third-order valence-corrected chi connectivity index (χ3v) is 5.18. The van der Waals surface area contributed by atoms with Crippen molar-refractivity contribution in [2.75, 3.05) is 26.6 Å². The van der Waals surface area contributed by atoms with E-state index in [1.54, 1.807) is 21.3 Å². The molecule has 0 saturated heterocycles. The van der Waals surface area contributed by atoms with E-state index in [0.29, 0.717) is 5.75 Å². The number of aromatic amines is 1. The molecular weight excluding hydrogens is 342 g/mol. The van der Waals surface area contributed by atoms with Gasteiger partial charge >= 0.3 is 0 Å². The maximum Gasteiger partial charge on any atom is 0.161 e. The summed E-state index contributed by atoms with van der Waals surface area (Å²) in [5.74, 6) is 3.09. The van der Waals surface area contributed by atoms with E-state index in [0.717, 1.165) is 39.8 Å². The molecule has 0 bridgehead atoms. The number of benzene rings is 2. The Balaban J connectivity index is 1.80. The minimum absolute atomic E-state index is 0.238. The molecule has 2 N–H and O–H groups in total. The molecule has 2 aromatic carbocycles. The van der Waals surface area contributed by atoms with E-state index in [9.17, 15) is 0 Å². The van der Waals surface area contributed by atoms with Crippen LogP contribution < -0.4 is 19.5 Å². The van der Waals surface area contributed by atoms with Gasteiger partial charge in [0.1, 0.15) is 11.6 Å². The molecule has 6 nitrogen and oxygen atoms in total. The fourth-order valence-corrected chi connectivity index (χ4v) is 3.81. The van der Waals surface area contributed by atoms with Crippen LogP contribution in [0, 0.1) is 0 Å². The Morgan fingerprint density at radius 1 is 0.963 bits per heavy atom. The molecule has 6 heteroatoms. The van der Waals surface area contributed by atoms with Crippen LogP contribution >= 0.6 is 0 Å². The Hall–Kier alpha value is -3.15. The van der Waals surface area contributed by atoms with E-state index in [1.807, 2.05) is 36.4 Å². The van der Waals surface area contributed by atoms with Crippen LogP contribution in [0.15, 0.2) is 36.4 Å². The highest BCUT2D eigenvalue weighted by Gasteiger charge is 2.41. The van der Waals surface area contributed by atoms with Crippen LogP contribution in [0.1, 0.15) is 25.0 Å². The van der Waals surface area contributed by atoms with Crippen molar-refractivity contribution in [1.82, 2.24) is 10.2 Å². The molecule has 0 amide bonds. The number of rotatable bonds is 5. The van der Waals surface area contributed by atoms with Crippen LogP contribution in [0.2, 0.25) is 0 Å². The number of anilines is 2. The molecule has 1 heterocycles. The lowest BCUT2D eigenvalue weighted by Gasteiger charge is -2.23. The molecule has 0 radical (unpaired) electrons. The SMILES string of the molecule is COc1cccc(Nc2[nH]nc3c2C(C)(C)c2cc(OC)c(OC)cc2-3)c1. The lowest BCUT2D eigenvalue weighted by Crippen LogP contribution is -2.16. The molecule has 140 valence electrons. The number of fused-ring (bicyclic) bond motifs is 3. The third-order valence-electron chi connectivity index (χ3n) is 5.18. The van der Waals surface area contributed by atoms with Crippen LogP contribution in [0.5, 0.6) is 17.2 Å². The second-order valence-electron chi connectivity index (χ2n) is 7.06. The Morgan fingerprint density at radius 3 is 2.41 bits per heavy atom. The van der Waals surface area contributed by atoms with Crippen LogP contribution in [0.25, 0.3) is 11.3 Å². The minimum atomic E-state index is -0.238. The fourth-order valence-electron chi connectivity index (χ4n) is 3.81. The van der Waals surface area contributed by atoms with Crippen LogP contribution in [-0.4, -0.2) is 31.5 Å². The number of aromatic nitrogens is 2. The Morgan fingerprint density at radius 2 is 1.70 bits per heavy atom. The fraction of sp³-hybridized carbons (Fsp3) is 0.286. The van der Waals surface area contributed by atoms with Gasteiger partial charge in [0.05, 0.1) is 27.0 Å². The van der Waals surface area contributed by atoms with Gasteiger partial charge in [-0.05, 0) is 29.8 Å². The second kappa shape index (κ2) is 6.23. The average Bonchev–Trinajstić information content (AvgIpc) is 3.19. The molecule has 1 aliphatic carbocycles. The number of methoxy groups -OCH3 is 3. The predicted octanol–water partition coefficient (Wildman–Crippen LogP) is 4.49. The van der Waals surface area contributed by atoms with Crippen LogP contribution in [0.4, 0.5) is 11.5 Å². The number of H-pyrrole nitrogens is 1. The van der Waals surface area contributed by atoms with E-state index in [4.69, 9.17) is 14.2 Å². The van der Waals surface area contributed by atoms with Crippen LogP contribution in [-0.2, 0) is 5.41 Å². The first-order valence-corrected chi connectivity index (χ1v) is 8.76. The summed E-state index contributed by atoms with van der Waals surface area (Å²) in [7, 11) is 4.96. The van der Waals surface area contributed by atoms with Gasteiger partial charge < -0.3 is 19.5 Å². The first-order chi connectivity index (χ1) is 13.0. The molecule has 0 fully saturated rings. The Kier molecular flexibility index (Phi) is 3.98. The predicted molar refractivity (Wildman–Crippen MR) is 106 cm³/mol. The van der Waals surface area contributed by atoms with Gasteiger partial charge in [0.25, 0.3) is 0 Å². The van der Waals surface area contributed by atoms with Gasteiger partial charge in [0.15, 0.2) is 11.5 Å². The highest BCUT2D eigenvalue weighted by Crippen LogP contribution is 2.53. The molecule has 1 aromatic heterocycles. The maximum atomic E-state index is 5.50. The van der Waals surface area contributed by atoms with Gasteiger partial charge in [-0.1, -0.05) is 19.9 Å². The van der Waals surface area contributed by atoms with Gasteiger partial charge in [-0.2, -0.15) is 5.10 Å². The zero-order chi connectivity index (χ0) is 19.2. The standard InChI is InChI=1S/C21H23N3O3/c1-21(2)15-11-17(27-5)16(26-4)10-14(15)19-18(21)20(24-23-19)22-12-7-6-8-13(9-12)25-3/h6-11H,1-5H3,(H2,22,23,24). The molecule has 0 aliphatic heterocycles. The summed E-state index contributed by atoms with van der Waals surface area (Å²) >= 11 is 0. The molecule has 0 spiro atoms. The van der Waals surface area contributed by atoms with Crippen molar-refractivity contribution in [1.29, 1.82) is 0 Å². The average molecular weight is 365 g/mol. The van der Waals surface area contributed by atoms with Gasteiger partial charge in [0, 0.05) is 28.3 Å². The van der Waals surface area contributed by atoms with Gasteiger partial charge in [0.2, 0.25) is 0 Å². The monoisotopic (exact) mass is 365 g/mol. The summed E-state index contributed by atoms with van der Waals surface area (Å²) in [6, 6.07) is 11.9. The summed E-state index contributed by atoms with van der Waals surface area (Å²) in [5, 5.41) is 11.2. The van der Waals surface area contributed by atoms with E-state index < -0.39 is 0 Å². The van der Waals surface area contributed by atoms with Crippen molar-refractivity contribution < 1.29 is 14.2 Å². The summed E-state index contributed by atoms with van der Waals surface area (Å²) in [4.78, 5) is 0. The molecular formula is C21H23N3O3. The highest BCUT2D eigenvalue weighted by molar-refractivity contribution is 5.85. The van der Waals surface area contributed by atoms with Crippen molar-refractivity contribution in [2.24, 2.45) is 0 Å². The van der Waals surface area contributed by atoms with E-state index in [1.165, 1.54) is 5.56 Å². The van der Waals surface area contributed by atoms with Gasteiger partial charge in [-0.15, -0.1) is 0 Å². The Labute approximate surface area is 158 Å². The quantitative estimate of drug-likeness (QED) is 0.697. The number of hydrogen-bond acceptors (Lipinski definition) is 5. The molecule has 27 heavy (non-hydrogen) atoms. The topological polar surface area (TPSA) is 68.4 Å². The van der Waals surface area contributed by atoms with E-state index in [2.05, 4.69) is 29.4 Å². The molecule has 0 saturated carbocycles. The molecule has 3 aromatic rings. The third kappa shape index (κ3) is 2.60. The van der Waals surface area contributed by atoms with Crippen molar-refractivity contribution in [3.8, 4) is 28.5 Å². The summed E-state index contributed by atoms with van der Waals surface area (Å²) in [6.07, 6.45) is 0. The smallest absolute Gasteiger partial charge is 0.161 e. The maximum absolute atomic E-state index is 5.50. The zero-order valence-corrected chi connectivity index (χ0v) is 16.1. The lowest BCUT2D eigenvalue weighted by atomic mass is 9.82. The first kappa shape index (κ1) is 17.3. The molecule has 1 aliphatic rings. The van der Waals surface area contributed by atoms with Crippen molar-refractivity contribution in [3.05, 3.63) is 47.5 Å². The lowest BCUT2D eigenvalue weighted by molar-refractivity contribution is 0.354. The number of hydrogen-bond donors (Lipinski definition) is 2. The highest BCUT2D eigenvalue weighted by atomic mass is 16.5. The molecule has 4 rings (SSSR count). The minimum Gasteiger partial charge on any atom is -0.497 e. The number of nitrogens with one attached hydrogen (secondary N) is 2. The summed E-state index contributed by atoms with van der Waals surface area (Å²) in [6.45, 7) is 4.38. The first-order valence-electron chi connectivity index (χ1n) is 8.76. The normalized spacial score (nSPS) is 13.7. The van der Waals surface area contributed by atoms with Crippen molar-refractivity contribution >= 4 is 11.5 Å². The van der Waals surface area contributed by atoms with Gasteiger partial charge in [-0.3, -0.25) is 5.10 Å². The van der Waals surface area contributed by atoms with Crippen LogP contribution in [0.3, 0.4) is 0 Å². The van der Waals surface area contributed by atoms with E-state index >= 15 is 0 Å². The summed E-state index contributed by atoms with van der Waals surface area (Å²) in [5.41, 5.74) is 4.97. The Bertz CT molecular complexity index is 1010. The zero-order valence-electron chi connectivity index (χ0n) is 16.1. The number of ether oxygens (including phenoxy) is 3. The largest absolute Gasteiger partial charge is 0.497 e. The number of nitrogens with zero attached hydrogens (tertiary/aromatic N) is 1.